The first-order valence-electron chi connectivity index (χ1n) is 9.36. The van der Waals surface area contributed by atoms with Gasteiger partial charge >= 0.3 is 12.1 Å². The number of hydrogen-bond donors (Lipinski definition) is 1. The number of ether oxygens (including phenoxy) is 1. The number of benzene rings is 1. The molecule has 1 saturated heterocycles. The van der Waals surface area contributed by atoms with Crippen LogP contribution in [0.25, 0.3) is 0 Å². The summed E-state index contributed by atoms with van der Waals surface area (Å²) in [6.45, 7) is 11.1. The van der Waals surface area contributed by atoms with Crippen LogP contribution in [-0.4, -0.2) is 59.7 Å². The molecule has 1 aliphatic heterocycles. The zero-order chi connectivity index (χ0) is 20.9. The Bertz CT molecular complexity index is 784. The lowest BCUT2D eigenvalue weighted by Gasteiger charge is -2.35. The van der Waals surface area contributed by atoms with Crippen molar-refractivity contribution in [3.05, 3.63) is 34.3 Å². The molecule has 1 N–H and O–H groups in total. The van der Waals surface area contributed by atoms with Crippen LogP contribution in [0.4, 0.5) is 9.59 Å². The number of urea groups is 1. The van der Waals surface area contributed by atoms with Gasteiger partial charge in [-0.1, -0.05) is 29.5 Å². The third-order valence-corrected chi connectivity index (χ3v) is 4.57. The average molecular weight is 406 g/mol. The van der Waals surface area contributed by atoms with Gasteiger partial charge in [-0.2, -0.15) is 0 Å². The van der Waals surface area contributed by atoms with Crippen LogP contribution in [0.3, 0.4) is 0 Å². The summed E-state index contributed by atoms with van der Waals surface area (Å²) in [6, 6.07) is 5.14. The third-order valence-electron chi connectivity index (χ3n) is 4.16. The molecule has 1 atom stereocenters. The molecule has 1 unspecified atom stereocenters. The predicted octanol–water partition coefficient (Wildman–Crippen LogP) is 3.65. The number of rotatable bonds is 1. The fraction of sp³-hybridized carbons (Fsp3) is 0.524. The van der Waals surface area contributed by atoms with Gasteiger partial charge in [0.2, 0.25) is 0 Å². The van der Waals surface area contributed by atoms with E-state index in [1.807, 2.05) is 52.8 Å². The number of nitrogens with one attached hydrogen (secondary N) is 1. The number of halogens is 1. The normalized spacial score (nSPS) is 15.4. The smallest absolute Gasteiger partial charge is 0.410 e. The van der Waals surface area contributed by atoms with Crippen LogP contribution >= 0.6 is 11.6 Å². The molecule has 152 valence electrons. The Morgan fingerprint density at radius 1 is 1.18 bits per heavy atom. The quantitative estimate of drug-likeness (QED) is 0.725. The molecule has 1 aromatic carbocycles. The second-order valence-electron chi connectivity index (χ2n) is 7.86. The number of hydrogen-bond acceptors (Lipinski definition) is 3. The molecule has 1 aromatic rings. The second-order valence-corrected chi connectivity index (χ2v) is 8.27. The van der Waals surface area contributed by atoms with Crippen molar-refractivity contribution in [3.63, 3.8) is 0 Å². The predicted molar refractivity (Wildman–Crippen MR) is 110 cm³/mol. The van der Waals surface area contributed by atoms with Gasteiger partial charge in [0.1, 0.15) is 5.60 Å². The number of nitrogens with zero attached hydrogens (tertiary/aromatic N) is 2. The van der Waals surface area contributed by atoms with E-state index in [-0.39, 0.29) is 18.2 Å². The van der Waals surface area contributed by atoms with E-state index in [9.17, 15) is 9.59 Å². The molecule has 0 radical (unpaired) electrons. The van der Waals surface area contributed by atoms with Crippen LogP contribution in [0.5, 0.6) is 0 Å². The molecule has 2 rings (SSSR count). The molecule has 0 bridgehead atoms. The fourth-order valence-electron chi connectivity index (χ4n) is 2.59. The first-order valence-corrected chi connectivity index (χ1v) is 9.74. The minimum Gasteiger partial charge on any atom is -0.444 e. The maximum atomic E-state index is 12.4. The molecule has 0 aliphatic carbocycles. The number of carbonyl (C=O) groups excluding carboxylic acids is 2. The van der Waals surface area contributed by atoms with Crippen LogP contribution in [-0.2, 0) is 4.74 Å². The Labute approximate surface area is 172 Å². The van der Waals surface area contributed by atoms with E-state index in [1.54, 1.807) is 9.80 Å². The van der Waals surface area contributed by atoms with Crippen LogP contribution in [0.2, 0.25) is 5.02 Å². The number of aryl methyl sites for hydroxylation is 1. The lowest BCUT2D eigenvalue weighted by atomic mass is 10.1. The molecule has 6 nitrogen and oxygen atoms in total. The van der Waals surface area contributed by atoms with E-state index in [0.717, 1.165) is 11.1 Å². The van der Waals surface area contributed by atoms with Gasteiger partial charge in [-0.25, -0.2) is 9.59 Å². The second kappa shape index (κ2) is 9.20. The highest BCUT2D eigenvalue weighted by atomic mass is 35.5. The van der Waals surface area contributed by atoms with Crippen LogP contribution in [0.15, 0.2) is 18.2 Å². The number of carbonyl (C=O) groups is 2. The Hall–Kier alpha value is -2.39. The summed E-state index contributed by atoms with van der Waals surface area (Å²) >= 11 is 6.10. The molecule has 0 aromatic heterocycles. The summed E-state index contributed by atoms with van der Waals surface area (Å²) in [5.74, 6) is 6.04. The van der Waals surface area contributed by atoms with Crippen molar-refractivity contribution in [1.82, 2.24) is 15.1 Å². The summed E-state index contributed by atoms with van der Waals surface area (Å²) in [5, 5.41) is 3.55. The van der Waals surface area contributed by atoms with Gasteiger partial charge in [-0.15, -0.1) is 0 Å². The highest BCUT2D eigenvalue weighted by Crippen LogP contribution is 2.16. The highest BCUT2D eigenvalue weighted by Gasteiger charge is 2.27. The fourth-order valence-corrected chi connectivity index (χ4v) is 2.77. The minimum atomic E-state index is -0.526. The lowest BCUT2D eigenvalue weighted by molar-refractivity contribution is 0.0169. The summed E-state index contributed by atoms with van der Waals surface area (Å²) in [5.41, 5.74) is 1.28. The van der Waals surface area contributed by atoms with Crippen LogP contribution in [0.1, 0.15) is 38.8 Å². The van der Waals surface area contributed by atoms with E-state index >= 15 is 0 Å². The van der Waals surface area contributed by atoms with Crippen molar-refractivity contribution in [1.29, 1.82) is 0 Å². The number of amides is 3. The van der Waals surface area contributed by atoms with Crippen molar-refractivity contribution in [2.24, 2.45) is 0 Å². The standard InChI is InChI=1S/C21H28ClN3O3/c1-15-6-8-17(14-18(15)22)9-7-16(2)23-19(26)24-10-12-25(13-11-24)20(27)28-21(3,4)5/h6,8,14,16H,10-13H2,1-5H3,(H,23,26). The van der Waals surface area contributed by atoms with Gasteiger partial charge in [0.05, 0.1) is 6.04 Å². The van der Waals surface area contributed by atoms with Crippen molar-refractivity contribution in [2.45, 2.75) is 46.3 Å². The molecular formula is C21H28ClN3O3. The largest absolute Gasteiger partial charge is 0.444 e. The van der Waals surface area contributed by atoms with Crippen LogP contribution in [0, 0.1) is 18.8 Å². The zero-order valence-electron chi connectivity index (χ0n) is 17.1. The first kappa shape index (κ1) is 21.9. The molecule has 7 heteroatoms. The van der Waals surface area contributed by atoms with Crippen LogP contribution < -0.4 is 5.32 Å². The first-order chi connectivity index (χ1) is 13.0. The summed E-state index contributed by atoms with van der Waals surface area (Å²) < 4.78 is 5.37. The molecule has 1 aliphatic rings. The van der Waals surface area contributed by atoms with Gasteiger partial charge in [-0.3, -0.25) is 0 Å². The third kappa shape index (κ3) is 6.65. The maximum absolute atomic E-state index is 12.4. The van der Waals surface area contributed by atoms with E-state index < -0.39 is 5.60 Å². The molecule has 3 amide bonds. The lowest BCUT2D eigenvalue weighted by Crippen LogP contribution is -2.54. The molecule has 0 saturated carbocycles. The summed E-state index contributed by atoms with van der Waals surface area (Å²) in [4.78, 5) is 27.8. The van der Waals surface area contributed by atoms with Gasteiger partial charge in [0, 0.05) is 36.8 Å². The van der Waals surface area contributed by atoms with Crippen molar-refractivity contribution in [2.75, 3.05) is 26.2 Å². The topological polar surface area (TPSA) is 61.9 Å². The van der Waals surface area contributed by atoms with Crippen molar-refractivity contribution < 1.29 is 14.3 Å². The molecule has 1 fully saturated rings. The summed E-state index contributed by atoms with van der Waals surface area (Å²) in [7, 11) is 0. The molecule has 0 spiro atoms. The highest BCUT2D eigenvalue weighted by molar-refractivity contribution is 6.31. The van der Waals surface area contributed by atoms with Gasteiger partial charge in [0.25, 0.3) is 0 Å². The van der Waals surface area contributed by atoms with E-state index in [2.05, 4.69) is 17.2 Å². The summed E-state index contributed by atoms with van der Waals surface area (Å²) in [6.07, 6.45) is -0.344. The van der Waals surface area contributed by atoms with E-state index in [0.29, 0.717) is 31.2 Å². The zero-order valence-corrected chi connectivity index (χ0v) is 17.9. The van der Waals surface area contributed by atoms with Gasteiger partial charge < -0.3 is 19.9 Å². The van der Waals surface area contributed by atoms with Crippen molar-refractivity contribution >= 4 is 23.7 Å². The minimum absolute atomic E-state index is 0.187. The average Bonchev–Trinajstić information content (AvgIpc) is 2.61. The maximum Gasteiger partial charge on any atom is 0.410 e. The van der Waals surface area contributed by atoms with E-state index in [4.69, 9.17) is 16.3 Å². The van der Waals surface area contributed by atoms with Crippen molar-refractivity contribution in [3.8, 4) is 11.8 Å². The molecule has 1 heterocycles. The molecule has 28 heavy (non-hydrogen) atoms. The Morgan fingerprint density at radius 3 is 2.36 bits per heavy atom. The molecular weight excluding hydrogens is 378 g/mol. The van der Waals surface area contributed by atoms with Gasteiger partial charge in [0.15, 0.2) is 0 Å². The monoisotopic (exact) mass is 405 g/mol. The Balaban J connectivity index is 1.83. The van der Waals surface area contributed by atoms with E-state index in [1.165, 1.54) is 0 Å². The van der Waals surface area contributed by atoms with Gasteiger partial charge in [-0.05, 0) is 52.3 Å². The Morgan fingerprint density at radius 2 is 1.79 bits per heavy atom. The SMILES string of the molecule is Cc1ccc(C#CC(C)NC(=O)N2CCN(C(=O)OC(C)(C)C)CC2)cc1Cl. The Kier molecular flexibility index (Phi) is 7.20. The number of piperazine rings is 1.